The number of carbonyl (C=O) groups excluding carboxylic acids is 1. The Balaban J connectivity index is 2.86. The fourth-order valence-electron chi connectivity index (χ4n) is 0.836. The van der Waals surface area contributed by atoms with Gasteiger partial charge in [0.15, 0.2) is 0 Å². The Labute approximate surface area is 84.4 Å². The average Bonchev–Trinajstić information content (AvgIpc) is 2.62. The molecule has 0 saturated carbocycles. The molecule has 0 bridgehead atoms. The number of esters is 1. The van der Waals surface area contributed by atoms with Crippen molar-refractivity contribution >= 4 is 29.4 Å². The van der Waals surface area contributed by atoms with E-state index in [9.17, 15) is 9.59 Å². The van der Waals surface area contributed by atoms with Gasteiger partial charge in [-0.3, -0.25) is 0 Å². The molecule has 0 aliphatic rings. The molecule has 0 spiro atoms. The molecule has 0 aliphatic carbocycles. The third-order valence-corrected chi connectivity index (χ3v) is 2.28. The number of ether oxygens (including phenoxy) is 1. The zero-order valence-electron chi connectivity index (χ0n) is 7.39. The first-order chi connectivity index (χ1) is 6.65. The second kappa shape index (κ2) is 4.57. The van der Waals surface area contributed by atoms with Gasteiger partial charge in [0.1, 0.15) is 0 Å². The molecule has 1 aromatic heterocycles. The molecular formula is C9H8O4S. The predicted molar refractivity (Wildman–Crippen MR) is 52.3 cm³/mol. The smallest absolute Gasteiger partial charge is 0.337 e. The Hall–Kier alpha value is -1.62. The lowest BCUT2D eigenvalue weighted by Crippen LogP contribution is -1.97. The van der Waals surface area contributed by atoms with Crippen molar-refractivity contribution in [2.75, 3.05) is 7.11 Å². The summed E-state index contributed by atoms with van der Waals surface area (Å²) < 4.78 is 4.38. The van der Waals surface area contributed by atoms with E-state index in [4.69, 9.17) is 5.11 Å². The monoisotopic (exact) mass is 212 g/mol. The molecule has 1 N–H and O–H groups in total. The first kappa shape index (κ1) is 10.5. The van der Waals surface area contributed by atoms with Crippen molar-refractivity contribution in [2.24, 2.45) is 0 Å². The lowest BCUT2D eigenvalue weighted by molar-refractivity contribution is -0.134. The van der Waals surface area contributed by atoms with E-state index in [1.54, 1.807) is 5.38 Å². The van der Waals surface area contributed by atoms with Gasteiger partial charge in [0.2, 0.25) is 0 Å². The summed E-state index contributed by atoms with van der Waals surface area (Å²) in [6.07, 6.45) is 2.61. The van der Waals surface area contributed by atoms with E-state index >= 15 is 0 Å². The topological polar surface area (TPSA) is 63.6 Å². The molecule has 1 heterocycles. The second-order valence-electron chi connectivity index (χ2n) is 2.40. The minimum atomic E-state index is -1.00. The fraction of sp³-hybridized carbons (Fsp3) is 0.111. The summed E-state index contributed by atoms with van der Waals surface area (Å²) in [5.74, 6) is -1.51. The van der Waals surface area contributed by atoms with Gasteiger partial charge in [-0.1, -0.05) is 0 Å². The number of methoxy groups -OCH3 is 1. The van der Waals surface area contributed by atoms with Gasteiger partial charge in [-0.05, 0) is 17.0 Å². The van der Waals surface area contributed by atoms with E-state index < -0.39 is 11.9 Å². The number of carbonyl (C=O) groups is 2. The van der Waals surface area contributed by atoms with Crippen LogP contribution in [0.15, 0.2) is 16.8 Å². The minimum Gasteiger partial charge on any atom is -0.478 e. The number of carboxylic acids is 1. The highest BCUT2D eigenvalue weighted by Gasteiger charge is 2.08. The Morgan fingerprint density at radius 1 is 1.50 bits per heavy atom. The number of rotatable bonds is 3. The van der Waals surface area contributed by atoms with E-state index in [2.05, 4.69) is 4.74 Å². The molecule has 0 amide bonds. The fourth-order valence-corrected chi connectivity index (χ4v) is 1.63. The van der Waals surface area contributed by atoms with Crippen molar-refractivity contribution in [1.29, 1.82) is 0 Å². The van der Waals surface area contributed by atoms with Crippen molar-refractivity contribution in [3.05, 3.63) is 28.0 Å². The number of thiophene rings is 1. The molecule has 5 heteroatoms. The lowest BCUT2D eigenvalue weighted by Gasteiger charge is -1.92. The highest BCUT2D eigenvalue weighted by atomic mass is 32.1. The molecule has 14 heavy (non-hydrogen) atoms. The zero-order valence-corrected chi connectivity index (χ0v) is 8.21. The van der Waals surface area contributed by atoms with E-state index in [-0.39, 0.29) is 5.56 Å². The van der Waals surface area contributed by atoms with Crippen LogP contribution in [-0.4, -0.2) is 24.2 Å². The summed E-state index contributed by atoms with van der Waals surface area (Å²) in [6, 6.07) is 0. The zero-order chi connectivity index (χ0) is 10.6. The Morgan fingerprint density at radius 3 is 2.79 bits per heavy atom. The Morgan fingerprint density at radius 2 is 2.21 bits per heavy atom. The number of carboxylic acid groups (broad SMARTS) is 1. The maximum Gasteiger partial charge on any atom is 0.337 e. The lowest BCUT2D eigenvalue weighted by atomic mass is 10.2. The molecule has 0 aliphatic heterocycles. The predicted octanol–water partition coefficient (Wildman–Crippen LogP) is 1.63. The molecule has 0 atom stereocenters. The SMILES string of the molecule is COC(=O)C=Cc1cscc1C(=O)O. The van der Waals surface area contributed by atoms with Crippen LogP contribution in [0.5, 0.6) is 0 Å². The summed E-state index contributed by atoms with van der Waals surface area (Å²) in [7, 11) is 1.26. The molecular weight excluding hydrogens is 204 g/mol. The summed E-state index contributed by atoms with van der Waals surface area (Å²) in [6.45, 7) is 0. The van der Waals surface area contributed by atoms with Gasteiger partial charge in [0.25, 0.3) is 0 Å². The van der Waals surface area contributed by atoms with E-state index in [1.165, 1.54) is 36.0 Å². The van der Waals surface area contributed by atoms with Crippen LogP contribution in [0.3, 0.4) is 0 Å². The molecule has 0 fully saturated rings. The Kier molecular flexibility index (Phi) is 3.41. The van der Waals surface area contributed by atoms with Crippen molar-refractivity contribution in [3.63, 3.8) is 0 Å². The van der Waals surface area contributed by atoms with Crippen LogP contribution in [0, 0.1) is 0 Å². The summed E-state index contributed by atoms with van der Waals surface area (Å²) in [4.78, 5) is 21.4. The second-order valence-corrected chi connectivity index (χ2v) is 3.15. The average molecular weight is 212 g/mol. The van der Waals surface area contributed by atoms with Gasteiger partial charge in [-0.15, -0.1) is 0 Å². The van der Waals surface area contributed by atoms with Gasteiger partial charge in [-0.25, -0.2) is 9.59 Å². The third-order valence-electron chi connectivity index (χ3n) is 1.52. The Bertz CT molecular complexity index is 378. The minimum absolute atomic E-state index is 0.190. The van der Waals surface area contributed by atoms with E-state index in [1.807, 2.05) is 0 Å². The molecule has 0 saturated heterocycles. The molecule has 0 unspecified atom stereocenters. The number of hydrogen-bond donors (Lipinski definition) is 1. The van der Waals surface area contributed by atoms with Gasteiger partial charge < -0.3 is 9.84 Å². The van der Waals surface area contributed by atoms with Crippen LogP contribution in [0.2, 0.25) is 0 Å². The van der Waals surface area contributed by atoms with Gasteiger partial charge in [0.05, 0.1) is 12.7 Å². The van der Waals surface area contributed by atoms with Crippen LogP contribution in [0.1, 0.15) is 15.9 Å². The molecule has 4 nitrogen and oxygen atoms in total. The number of aromatic carboxylic acids is 1. The largest absolute Gasteiger partial charge is 0.478 e. The van der Waals surface area contributed by atoms with Crippen LogP contribution in [0.25, 0.3) is 6.08 Å². The first-order valence-electron chi connectivity index (χ1n) is 3.70. The van der Waals surface area contributed by atoms with Gasteiger partial charge in [-0.2, -0.15) is 11.3 Å². The molecule has 1 aromatic rings. The highest BCUT2D eigenvalue weighted by Crippen LogP contribution is 2.16. The van der Waals surface area contributed by atoms with Crippen LogP contribution in [-0.2, 0) is 9.53 Å². The third kappa shape index (κ3) is 2.43. The molecule has 0 radical (unpaired) electrons. The van der Waals surface area contributed by atoms with Crippen molar-refractivity contribution in [1.82, 2.24) is 0 Å². The molecule has 0 aromatic carbocycles. The van der Waals surface area contributed by atoms with Gasteiger partial charge in [0, 0.05) is 11.5 Å². The van der Waals surface area contributed by atoms with Crippen molar-refractivity contribution in [2.45, 2.75) is 0 Å². The summed E-state index contributed by atoms with van der Waals surface area (Å²) in [5, 5.41) is 11.9. The summed E-state index contributed by atoms with van der Waals surface area (Å²) in [5.41, 5.74) is 0.697. The maximum absolute atomic E-state index is 10.7. The standard InChI is InChI=1S/C9H8O4S/c1-13-8(10)3-2-6-4-14-5-7(6)9(11)12/h2-5H,1H3,(H,11,12). The molecule has 74 valence electrons. The van der Waals surface area contributed by atoms with E-state index in [0.717, 1.165) is 0 Å². The highest BCUT2D eigenvalue weighted by molar-refractivity contribution is 7.08. The quantitative estimate of drug-likeness (QED) is 0.611. The van der Waals surface area contributed by atoms with Crippen molar-refractivity contribution < 1.29 is 19.4 Å². The first-order valence-corrected chi connectivity index (χ1v) is 4.65. The number of hydrogen-bond acceptors (Lipinski definition) is 4. The normalized spacial score (nSPS) is 10.4. The van der Waals surface area contributed by atoms with E-state index in [0.29, 0.717) is 5.56 Å². The van der Waals surface area contributed by atoms with Crippen LogP contribution in [0.4, 0.5) is 0 Å². The van der Waals surface area contributed by atoms with Gasteiger partial charge >= 0.3 is 11.9 Å². The molecule has 1 rings (SSSR count). The van der Waals surface area contributed by atoms with Crippen LogP contribution < -0.4 is 0 Å². The van der Waals surface area contributed by atoms with Crippen molar-refractivity contribution in [3.8, 4) is 0 Å². The van der Waals surface area contributed by atoms with Crippen LogP contribution >= 0.6 is 11.3 Å². The maximum atomic E-state index is 10.7. The summed E-state index contributed by atoms with van der Waals surface area (Å²) >= 11 is 1.27.